The molecule has 2 N–H and O–H groups in total. The first kappa shape index (κ1) is 13.6. The Bertz CT molecular complexity index is 664. The van der Waals surface area contributed by atoms with Crippen LogP contribution in [-0.4, -0.2) is 11.1 Å². The van der Waals surface area contributed by atoms with E-state index < -0.39 is 5.41 Å². The van der Waals surface area contributed by atoms with E-state index in [-0.39, 0.29) is 5.91 Å². The fraction of sp³-hybridized carbons (Fsp3) is 0.167. The van der Waals surface area contributed by atoms with E-state index in [1.54, 1.807) is 0 Å². The zero-order chi connectivity index (χ0) is 14.7. The van der Waals surface area contributed by atoms with Gasteiger partial charge in [0, 0.05) is 0 Å². The van der Waals surface area contributed by atoms with Crippen molar-refractivity contribution in [2.75, 3.05) is 0 Å². The standard InChI is InChI=1S/C18H17NO2/c20-17(19-21)18(16-9-5-2-6-10-16)12-11-15(13-18)14-7-3-1-4-8-14/h1-10,13,21H,11-12H2,(H,19,20)/t18-/m0/s1. The summed E-state index contributed by atoms with van der Waals surface area (Å²) in [4.78, 5) is 12.3. The maximum Gasteiger partial charge on any atom is 0.257 e. The van der Waals surface area contributed by atoms with Crippen LogP contribution in [0.5, 0.6) is 0 Å². The fourth-order valence-electron chi connectivity index (χ4n) is 3.03. The third-order valence-corrected chi connectivity index (χ3v) is 4.15. The quantitative estimate of drug-likeness (QED) is 0.669. The van der Waals surface area contributed by atoms with Gasteiger partial charge < -0.3 is 0 Å². The minimum atomic E-state index is -0.790. The number of rotatable bonds is 3. The highest BCUT2D eigenvalue weighted by Gasteiger charge is 2.41. The van der Waals surface area contributed by atoms with Crippen LogP contribution in [0.25, 0.3) is 5.57 Å². The zero-order valence-corrected chi connectivity index (χ0v) is 11.6. The van der Waals surface area contributed by atoms with Crippen LogP contribution in [0.3, 0.4) is 0 Å². The van der Waals surface area contributed by atoms with Gasteiger partial charge in [-0.3, -0.25) is 10.0 Å². The molecule has 0 heterocycles. The van der Waals surface area contributed by atoms with Gasteiger partial charge in [0.25, 0.3) is 5.91 Å². The normalized spacial score (nSPS) is 20.9. The van der Waals surface area contributed by atoms with Crippen molar-refractivity contribution in [2.24, 2.45) is 0 Å². The Morgan fingerprint density at radius 3 is 2.24 bits per heavy atom. The second kappa shape index (κ2) is 5.54. The number of benzene rings is 2. The molecular formula is C18H17NO2. The topological polar surface area (TPSA) is 49.3 Å². The van der Waals surface area contributed by atoms with Crippen LogP contribution < -0.4 is 5.48 Å². The van der Waals surface area contributed by atoms with Gasteiger partial charge >= 0.3 is 0 Å². The Morgan fingerprint density at radius 2 is 1.62 bits per heavy atom. The minimum Gasteiger partial charge on any atom is -0.289 e. The molecule has 2 aromatic rings. The lowest BCUT2D eigenvalue weighted by molar-refractivity contribution is -0.133. The van der Waals surface area contributed by atoms with Crippen LogP contribution in [0.15, 0.2) is 66.7 Å². The maximum absolute atomic E-state index is 12.3. The highest BCUT2D eigenvalue weighted by atomic mass is 16.5. The predicted octanol–water partition coefficient (Wildman–Crippen LogP) is 3.31. The third-order valence-electron chi connectivity index (χ3n) is 4.15. The van der Waals surface area contributed by atoms with E-state index in [1.807, 2.05) is 72.2 Å². The van der Waals surface area contributed by atoms with Gasteiger partial charge in [-0.15, -0.1) is 0 Å². The summed E-state index contributed by atoms with van der Waals surface area (Å²) in [5.41, 5.74) is 4.22. The minimum absolute atomic E-state index is 0.375. The summed E-state index contributed by atoms with van der Waals surface area (Å²) in [5.74, 6) is -0.375. The van der Waals surface area contributed by atoms with E-state index in [0.717, 1.165) is 23.1 Å². The summed E-state index contributed by atoms with van der Waals surface area (Å²) in [7, 11) is 0. The smallest absolute Gasteiger partial charge is 0.257 e. The van der Waals surface area contributed by atoms with Gasteiger partial charge in [0.2, 0.25) is 0 Å². The summed E-state index contributed by atoms with van der Waals surface area (Å²) in [6.45, 7) is 0. The molecule has 0 saturated heterocycles. The van der Waals surface area contributed by atoms with Gasteiger partial charge in [-0.25, -0.2) is 5.48 Å². The molecule has 106 valence electrons. The molecule has 0 saturated carbocycles. The van der Waals surface area contributed by atoms with E-state index in [0.29, 0.717) is 6.42 Å². The number of carbonyl (C=O) groups excluding carboxylic acids is 1. The molecule has 1 atom stereocenters. The summed E-state index contributed by atoms with van der Waals surface area (Å²) in [6, 6.07) is 19.7. The monoisotopic (exact) mass is 279 g/mol. The molecular weight excluding hydrogens is 262 g/mol. The molecule has 21 heavy (non-hydrogen) atoms. The van der Waals surface area contributed by atoms with Gasteiger partial charge in [-0.1, -0.05) is 66.7 Å². The van der Waals surface area contributed by atoms with Crippen molar-refractivity contribution in [2.45, 2.75) is 18.3 Å². The average molecular weight is 279 g/mol. The van der Waals surface area contributed by atoms with Gasteiger partial charge in [0.1, 0.15) is 0 Å². The molecule has 0 bridgehead atoms. The maximum atomic E-state index is 12.3. The number of hydrogen-bond acceptors (Lipinski definition) is 2. The van der Waals surface area contributed by atoms with E-state index in [1.165, 1.54) is 0 Å². The van der Waals surface area contributed by atoms with Crippen molar-refractivity contribution >= 4 is 11.5 Å². The van der Waals surface area contributed by atoms with E-state index >= 15 is 0 Å². The molecule has 0 fully saturated rings. The number of hydrogen-bond donors (Lipinski definition) is 2. The zero-order valence-electron chi connectivity index (χ0n) is 11.6. The van der Waals surface area contributed by atoms with Crippen molar-refractivity contribution in [1.29, 1.82) is 0 Å². The number of hydroxylamine groups is 1. The van der Waals surface area contributed by atoms with Gasteiger partial charge in [0.15, 0.2) is 0 Å². The predicted molar refractivity (Wildman–Crippen MR) is 81.7 cm³/mol. The molecule has 1 aliphatic carbocycles. The van der Waals surface area contributed by atoms with Gasteiger partial charge in [-0.05, 0) is 29.5 Å². The molecule has 1 aliphatic rings. The summed E-state index contributed by atoms with van der Waals surface area (Å²) in [6.07, 6.45) is 3.46. The number of allylic oxidation sites excluding steroid dienone is 1. The molecule has 0 aliphatic heterocycles. The second-order valence-electron chi connectivity index (χ2n) is 5.31. The Balaban J connectivity index is 2.08. The third kappa shape index (κ3) is 2.36. The summed E-state index contributed by atoms with van der Waals surface area (Å²) < 4.78 is 0. The Hall–Kier alpha value is -2.39. The van der Waals surface area contributed by atoms with Crippen LogP contribution in [0, 0.1) is 0 Å². The first-order chi connectivity index (χ1) is 10.3. The Labute approximate surface area is 123 Å². The van der Waals surface area contributed by atoms with Crippen molar-refractivity contribution in [3.05, 3.63) is 77.9 Å². The van der Waals surface area contributed by atoms with Crippen LogP contribution in [0.4, 0.5) is 0 Å². The van der Waals surface area contributed by atoms with Crippen molar-refractivity contribution < 1.29 is 10.0 Å². The molecule has 3 rings (SSSR count). The highest BCUT2D eigenvalue weighted by Crippen LogP contribution is 2.42. The van der Waals surface area contributed by atoms with Crippen LogP contribution in [0.2, 0.25) is 0 Å². The van der Waals surface area contributed by atoms with Crippen molar-refractivity contribution in [1.82, 2.24) is 5.48 Å². The van der Waals surface area contributed by atoms with E-state index in [2.05, 4.69) is 0 Å². The summed E-state index contributed by atoms with van der Waals surface area (Å²) in [5, 5.41) is 9.15. The summed E-state index contributed by atoms with van der Waals surface area (Å²) >= 11 is 0. The van der Waals surface area contributed by atoms with Gasteiger partial charge in [0.05, 0.1) is 5.41 Å². The highest BCUT2D eigenvalue weighted by molar-refractivity contribution is 5.93. The Kier molecular flexibility index (Phi) is 3.59. The van der Waals surface area contributed by atoms with Crippen LogP contribution in [0.1, 0.15) is 24.0 Å². The van der Waals surface area contributed by atoms with Crippen LogP contribution >= 0.6 is 0 Å². The van der Waals surface area contributed by atoms with E-state index in [9.17, 15) is 4.79 Å². The number of amides is 1. The molecule has 0 spiro atoms. The average Bonchev–Trinajstić information content (AvgIpc) is 3.02. The molecule has 3 heteroatoms. The number of nitrogens with one attached hydrogen (secondary N) is 1. The van der Waals surface area contributed by atoms with E-state index in [4.69, 9.17) is 5.21 Å². The lowest BCUT2D eigenvalue weighted by atomic mass is 9.79. The largest absolute Gasteiger partial charge is 0.289 e. The van der Waals surface area contributed by atoms with Gasteiger partial charge in [-0.2, -0.15) is 0 Å². The molecule has 0 aromatic heterocycles. The first-order valence-corrected chi connectivity index (χ1v) is 7.03. The molecule has 1 amide bonds. The lowest BCUT2D eigenvalue weighted by Gasteiger charge is -2.25. The second-order valence-corrected chi connectivity index (χ2v) is 5.31. The molecule has 2 aromatic carbocycles. The van der Waals surface area contributed by atoms with Crippen molar-refractivity contribution in [3.8, 4) is 0 Å². The fourth-order valence-corrected chi connectivity index (χ4v) is 3.03. The van der Waals surface area contributed by atoms with Crippen LogP contribution in [-0.2, 0) is 10.2 Å². The number of carbonyl (C=O) groups is 1. The first-order valence-electron chi connectivity index (χ1n) is 7.03. The lowest BCUT2D eigenvalue weighted by Crippen LogP contribution is -2.40. The molecule has 0 radical (unpaired) electrons. The molecule has 3 nitrogen and oxygen atoms in total. The Morgan fingerprint density at radius 1 is 1.00 bits per heavy atom. The SMILES string of the molecule is O=C(NO)[C@]1(c2ccccc2)C=C(c2ccccc2)CC1. The van der Waals surface area contributed by atoms with Crippen molar-refractivity contribution in [3.63, 3.8) is 0 Å². The molecule has 0 unspecified atom stereocenters.